The van der Waals surface area contributed by atoms with Crippen molar-refractivity contribution in [2.75, 3.05) is 11.1 Å². The van der Waals surface area contributed by atoms with Gasteiger partial charge in [0.05, 0.1) is 11.8 Å². The number of H-pyrrole nitrogens is 1. The Kier molecular flexibility index (Phi) is 3.30. The van der Waals surface area contributed by atoms with Crippen molar-refractivity contribution in [2.45, 2.75) is 0 Å². The topological polar surface area (TPSA) is 110 Å². The van der Waals surface area contributed by atoms with Crippen LogP contribution in [0.15, 0.2) is 49.2 Å². The van der Waals surface area contributed by atoms with Crippen molar-refractivity contribution in [1.82, 2.24) is 20.2 Å². The third-order valence-corrected chi connectivity index (χ3v) is 2.95. The molecule has 0 unspecified atom stereocenters. The molecule has 3 rings (SSSR count). The number of amides is 1. The van der Waals surface area contributed by atoms with Crippen LogP contribution in [0.3, 0.4) is 0 Å². The van der Waals surface area contributed by atoms with Gasteiger partial charge in [-0.15, -0.1) is 0 Å². The van der Waals surface area contributed by atoms with E-state index in [-0.39, 0.29) is 11.7 Å². The molecule has 7 heteroatoms. The number of hydrogen-bond donors (Lipinski definition) is 3. The fourth-order valence-corrected chi connectivity index (χ4v) is 1.98. The maximum Gasteiger partial charge on any atom is 0.260 e. The molecule has 3 aromatic rings. The molecule has 0 radical (unpaired) electrons. The van der Waals surface area contributed by atoms with Crippen molar-refractivity contribution in [3.8, 4) is 11.1 Å². The molecule has 1 amide bonds. The number of anilines is 2. The molecule has 21 heavy (non-hydrogen) atoms. The number of hydrogen-bond acceptors (Lipinski definition) is 5. The molecule has 0 aromatic carbocycles. The molecular weight excluding hydrogens is 268 g/mol. The first kappa shape index (κ1) is 12.8. The number of pyridine rings is 2. The van der Waals surface area contributed by atoms with Gasteiger partial charge < -0.3 is 11.1 Å². The molecule has 0 aliphatic rings. The maximum atomic E-state index is 12.5. The first-order valence-electron chi connectivity index (χ1n) is 6.20. The summed E-state index contributed by atoms with van der Waals surface area (Å²) in [5.41, 5.74) is 8.25. The van der Waals surface area contributed by atoms with Gasteiger partial charge in [-0.25, -0.2) is 4.98 Å². The highest BCUT2D eigenvalue weighted by atomic mass is 16.1. The molecule has 0 saturated carbocycles. The van der Waals surface area contributed by atoms with E-state index in [0.717, 1.165) is 5.56 Å². The molecule has 0 bridgehead atoms. The van der Waals surface area contributed by atoms with E-state index in [0.29, 0.717) is 16.8 Å². The monoisotopic (exact) mass is 280 g/mol. The Hall–Kier alpha value is -3.22. The summed E-state index contributed by atoms with van der Waals surface area (Å²) in [6, 6.07) is 5.12. The van der Waals surface area contributed by atoms with E-state index in [9.17, 15) is 4.79 Å². The van der Waals surface area contributed by atoms with E-state index in [1.807, 2.05) is 0 Å². The highest BCUT2D eigenvalue weighted by Crippen LogP contribution is 2.26. The lowest BCUT2D eigenvalue weighted by molar-refractivity contribution is 0.102. The van der Waals surface area contributed by atoms with Crippen LogP contribution in [0, 0.1) is 0 Å². The third kappa shape index (κ3) is 2.57. The summed E-state index contributed by atoms with van der Waals surface area (Å²) in [4.78, 5) is 20.4. The van der Waals surface area contributed by atoms with E-state index < -0.39 is 0 Å². The lowest BCUT2D eigenvalue weighted by Gasteiger charge is -2.10. The van der Waals surface area contributed by atoms with Crippen LogP contribution in [0.2, 0.25) is 0 Å². The number of aromatic nitrogens is 4. The fourth-order valence-electron chi connectivity index (χ4n) is 1.98. The van der Waals surface area contributed by atoms with Gasteiger partial charge in [0, 0.05) is 41.6 Å². The number of aromatic amines is 1. The number of nitrogen functional groups attached to an aromatic ring is 1. The predicted octanol–water partition coefficient (Wildman–Crippen LogP) is 1.70. The summed E-state index contributed by atoms with van der Waals surface area (Å²) in [7, 11) is 0. The first-order valence-corrected chi connectivity index (χ1v) is 6.20. The van der Waals surface area contributed by atoms with Crippen molar-refractivity contribution in [1.29, 1.82) is 0 Å². The highest BCUT2D eigenvalue weighted by molar-refractivity contribution is 6.11. The van der Waals surface area contributed by atoms with Crippen LogP contribution in [-0.2, 0) is 0 Å². The van der Waals surface area contributed by atoms with Crippen molar-refractivity contribution < 1.29 is 4.79 Å². The first-order chi connectivity index (χ1) is 10.3. The second-order valence-corrected chi connectivity index (χ2v) is 4.30. The Balaban J connectivity index is 2.00. The highest BCUT2D eigenvalue weighted by Gasteiger charge is 2.18. The summed E-state index contributed by atoms with van der Waals surface area (Å²) in [6.45, 7) is 0. The smallest absolute Gasteiger partial charge is 0.260 e. The number of nitrogens with zero attached hydrogens (tertiary/aromatic N) is 3. The van der Waals surface area contributed by atoms with E-state index in [4.69, 9.17) is 5.73 Å². The predicted molar refractivity (Wildman–Crippen MR) is 78.4 cm³/mol. The van der Waals surface area contributed by atoms with Crippen molar-refractivity contribution >= 4 is 17.4 Å². The van der Waals surface area contributed by atoms with E-state index in [1.54, 1.807) is 49.2 Å². The second-order valence-electron chi connectivity index (χ2n) is 4.30. The Bertz CT molecular complexity index is 754. The SMILES string of the molecule is Nc1nccc(-c2cn[nH]c2)c1C(=O)Nc1ccncc1. The minimum atomic E-state index is -0.331. The van der Waals surface area contributed by atoms with Crippen LogP contribution < -0.4 is 11.1 Å². The van der Waals surface area contributed by atoms with Gasteiger partial charge in [0.15, 0.2) is 0 Å². The molecule has 0 saturated heterocycles. The van der Waals surface area contributed by atoms with Crippen molar-refractivity contribution in [3.63, 3.8) is 0 Å². The van der Waals surface area contributed by atoms with Gasteiger partial charge in [-0.05, 0) is 18.2 Å². The van der Waals surface area contributed by atoms with Crippen molar-refractivity contribution in [2.24, 2.45) is 0 Å². The maximum absolute atomic E-state index is 12.5. The Morgan fingerprint density at radius 2 is 2.00 bits per heavy atom. The Morgan fingerprint density at radius 3 is 2.71 bits per heavy atom. The lowest BCUT2D eigenvalue weighted by Crippen LogP contribution is -2.16. The zero-order chi connectivity index (χ0) is 14.7. The lowest BCUT2D eigenvalue weighted by atomic mass is 10.0. The zero-order valence-corrected chi connectivity index (χ0v) is 10.9. The molecule has 7 nitrogen and oxygen atoms in total. The summed E-state index contributed by atoms with van der Waals surface area (Å²) >= 11 is 0. The molecule has 0 atom stereocenters. The second kappa shape index (κ2) is 5.41. The third-order valence-electron chi connectivity index (χ3n) is 2.95. The van der Waals surface area contributed by atoms with Gasteiger partial charge in [0.2, 0.25) is 0 Å². The van der Waals surface area contributed by atoms with Crippen LogP contribution in [0.4, 0.5) is 11.5 Å². The fraction of sp³-hybridized carbons (Fsp3) is 0. The molecule has 0 fully saturated rings. The number of carbonyl (C=O) groups excluding carboxylic acids is 1. The molecule has 3 heterocycles. The largest absolute Gasteiger partial charge is 0.383 e. The summed E-state index contributed by atoms with van der Waals surface area (Å²) in [6.07, 6.45) is 8.06. The van der Waals surface area contributed by atoms with Gasteiger partial charge in [-0.2, -0.15) is 5.10 Å². The van der Waals surface area contributed by atoms with E-state index in [1.165, 1.54) is 0 Å². The van der Waals surface area contributed by atoms with Crippen LogP contribution >= 0.6 is 0 Å². The molecule has 3 aromatic heterocycles. The molecule has 0 aliphatic heterocycles. The van der Waals surface area contributed by atoms with Crippen LogP contribution in [-0.4, -0.2) is 26.1 Å². The normalized spacial score (nSPS) is 10.3. The van der Waals surface area contributed by atoms with Gasteiger partial charge in [-0.3, -0.25) is 14.9 Å². The standard InChI is InChI=1S/C14H12N6O/c15-13-12(14(21)20-10-1-4-16-5-2-10)11(3-6-17-13)9-7-18-19-8-9/h1-8H,(H2,15,17)(H,18,19)(H,16,20,21). The molecule has 4 N–H and O–H groups in total. The quantitative estimate of drug-likeness (QED) is 0.676. The van der Waals surface area contributed by atoms with Crippen molar-refractivity contribution in [3.05, 3.63) is 54.7 Å². The number of nitrogens with two attached hydrogens (primary N) is 1. The van der Waals surface area contributed by atoms with Gasteiger partial charge in [0.1, 0.15) is 5.82 Å². The van der Waals surface area contributed by atoms with Crippen LogP contribution in [0.5, 0.6) is 0 Å². The minimum Gasteiger partial charge on any atom is -0.383 e. The number of nitrogens with one attached hydrogen (secondary N) is 2. The Morgan fingerprint density at radius 1 is 1.19 bits per heavy atom. The van der Waals surface area contributed by atoms with Crippen LogP contribution in [0.25, 0.3) is 11.1 Å². The molecule has 104 valence electrons. The van der Waals surface area contributed by atoms with Gasteiger partial charge in [0.25, 0.3) is 5.91 Å². The van der Waals surface area contributed by atoms with Gasteiger partial charge in [-0.1, -0.05) is 0 Å². The van der Waals surface area contributed by atoms with E-state index >= 15 is 0 Å². The van der Waals surface area contributed by atoms with E-state index in [2.05, 4.69) is 25.5 Å². The zero-order valence-electron chi connectivity index (χ0n) is 10.9. The minimum absolute atomic E-state index is 0.167. The van der Waals surface area contributed by atoms with Crippen LogP contribution in [0.1, 0.15) is 10.4 Å². The summed E-state index contributed by atoms with van der Waals surface area (Å²) < 4.78 is 0. The average molecular weight is 280 g/mol. The summed E-state index contributed by atoms with van der Waals surface area (Å²) in [5, 5.41) is 9.37. The number of carbonyl (C=O) groups is 1. The Labute approximate surface area is 120 Å². The molecule has 0 aliphatic carbocycles. The molecular formula is C14H12N6O. The molecule has 0 spiro atoms. The number of rotatable bonds is 3. The average Bonchev–Trinajstić information content (AvgIpc) is 3.02. The summed E-state index contributed by atoms with van der Waals surface area (Å²) in [5.74, 6) is -0.164. The van der Waals surface area contributed by atoms with Gasteiger partial charge >= 0.3 is 0 Å².